The molecule has 0 saturated heterocycles. The Labute approximate surface area is 121 Å². The zero-order valence-electron chi connectivity index (χ0n) is 11.3. The summed E-state index contributed by atoms with van der Waals surface area (Å²) in [5, 5.41) is 16.8. The van der Waals surface area contributed by atoms with Gasteiger partial charge >= 0.3 is 0 Å². The van der Waals surface area contributed by atoms with E-state index in [-0.39, 0.29) is 0 Å². The maximum Gasteiger partial charge on any atom is 0.134 e. The topological polar surface area (TPSA) is 45.4 Å². The molecule has 4 heteroatoms. The molecular weight excluding hydrogens is 270 g/mol. The van der Waals surface area contributed by atoms with Crippen molar-refractivity contribution in [2.24, 2.45) is 0 Å². The second-order valence-electron chi connectivity index (χ2n) is 5.11. The Bertz CT molecular complexity index is 685. The molecule has 0 aliphatic heterocycles. The molecule has 0 radical (unpaired) electrons. The maximum absolute atomic E-state index is 10.4. The van der Waals surface area contributed by atoms with Gasteiger partial charge in [-0.25, -0.2) is 0 Å². The quantitative estimate of drug-likeness (QED) is 0.755. The lowest BCUT2D eigenvalue weighted by Gasteiger charge is -2.22. The van der Waals surface area contributed by atoms with E-state index in [0.717, 1.165) is 21.4 Å². The van der Waals surface area contributed by atoms with Crippen LogP contribution in [0.2, 0.25) is 0 Å². The van der Waals surface area contributed by atoms with Crippen LogP contribution in [0.15, 0.2) is 52.5 Å². The Kier molecular flexibility index (Phi) is 3.61. The highest BCUT2D eigenvalue weighted by molar-refractivity contribution is 7.10. The van der Waals surface area contributed by atoms with Crippen LogP contribution in [0.25, 0.3) is 11.0 Å². The van der Waals surface area contributed by atoms with E-state index < -0.39 is 5.60 Å². The first-order valence-electron chi connectivity index (χ1n) is 6.59. The van der Waals surface area contributed by atoms with E-state index >= 15 is 0 Å². The van der Waals surface area contributed by atoms with Gasteiger partial charge in [-0.1, -0.05) is 24.3 Å². The van der Waals surface area contributed by atoms with Crippen LogP contribution in [0.4, 0.5) is 0 Å². The van der Waals surface area contributed by atoms with Crippen LogP contribution in [0.3, 0.4) is 0 Å². The molecule has 0 aliphatic carbocycles. The summed E-state index contributed by atoms with van der Waals surface area (Å²) in [7, 11) is 0. The summed E-state index contributed by atoms with van der Waals surface area (Å²) in [6.45, 7) is 3.02. The Morgan fingerprint density at radius 2 is 2.10 bits per heavy atom. The molecule has 1 unspecified atom stereocenters. The van der Waals surface area contributed by atoms with Gasteiger partial charge < -0.3 is 14.8 Å². The Balaban J connectivity index is 1.66. The second kappa shape index (κ2) is 5.40. The van der Waals surface area contributed by atoms with Crippen LogP contribution in [0, 0.1) is 0 Å². The van der Waals surface area contributed by atoms with Crippen molar-refractivity contribution in [2.75, 3.05) is 6.54 Å². The van der Waals surface area contributed by atoms with Gasteiger partial charge in [-0.15, -0.1) is 11.3 Å². The highest BCUT2D eigenvalue weighted by Gasteiger charge is 2.23. The predicted molar refractivity (Wildman–Crippen MR) is 81.8 cm³/mol. The van der Waals surface area contributed by atoms with E-state index in [9.17, 15) is 5.11 Å². The molecule has 0 amide bonds. The number of para-hydroxylation sites is 1. The van der Waals surface area contributed by atoms with Gasteiger partial charge in [-0.3, -0.25) is 0 Å². The summed E-state index contributed by atoms with van der Waals surface area (Å²) < 4.78 is 5.50. The van der Waals surface area contributed by atoms with Crippen molar-refractivity contribution in [3.05, 3.63) is 58.5 Å². The number of fused-ring (bicyclic) bond motifs is 1. The monoisotopic (exact) mass is 287 g/mol. The van der Waals surface area contributed by atoms with Crippen LogP contribution >= 0.6 is 11.3 Å². The van der Waals surface area contributed by atoms with E-state index in [4.69, 9.17) is 4.42 Å². The molecular formula is C16H17NO2S. The number of hydrogen-bond donors (Lipinski definition) is 2. The number of hydrogen-bond acceptors (Lipinski definition) is 4. The van der Waals surface area contributed by atoms with Gasteiger partial charge in [0.1, 0.15) is 11.2 Å². The van der Waals surface area contributed by atoms with Crippen LogP contribution in [-0.4, -0.2) is 11.7 Å². The van der Waals surface area contributed by atoms with Crippen molar-refractivity contribution in [1.82, 2.24) is 5.32 Å². The average molecular weight is 287 g/mol. The first kappa shape index (κ1) is 13.4. The highest BCUT2D eigenvalue weighted by atomic mass is 32.1. The summed E-state index contributed by atoms with van der Waals surface area (Å²) in [4.78, 5) is 0.974. The fraction of sp³-hybridized carbons (Fsp3) is 0.250. The molecule has 104 valence electrons. The largest absolute Gasteiger partial charge is 0.464 e. The van der Waals surface area contributed by atoms with E-state index in [2.05, 4.69) is 5.32 Å². The number of thiophene rings is 1. The summed E-state index contributed by atoms with van der Waals surface area (Å²) in [6, 6.07) is 11.9. The van der Waals surface area contributed by atoms with Crippen LogP contribution < -0.4 is 5.32 Å². The van der Waals surface area contributed by atoms with Crippen LogP contribution in [-0.2, 0) is 12.1 Å². The van der Waals surface area contributed by atoms with E-state index in [1.807, 2.05) is 48.7 Å². The highest BCUT2D eigenvalue weighted by Crippen LogP contribution is 2.25. The minimum absolute atomic E-state index is 0.507. The van der Waals surface area contributed by atoms with Crippen molar-refractivity contribution >= 4 is 22.3 Å². The molecule has 1 aromatic carbocycles. The smallest absolute Gasteiger partial charge is 0.134 e. The van der Waals surface area contributed by atoms with Gasteiger partial charge in [0.05, 0.1) is 6.26 Å². The average Bonchev–Trinajstić information content (AvgIpc) is 3.08. The van der Waals surface area contributed by atoms with Gasteiger partial charge in [0.15, 0.2) is 0 Å². The van der Waals surface area contributed by atoms with Gasteiger partial charge in [-0.2, -0.15) is 0 Å². The molecule has 3 rings (SSSR count). The van der Waals surface area contributed by atoms with Gasteiger partial charge in [0, 0.05) is 28.9 Å². The van der Waals surface area contributed by atoms with Crippen molar-refractivity contribution in [2.45, 2.75) is 19.1 Å². The summed E-state index contributed by atoms with van der Waals surface area (Å²) >= 11 is 1.57. The Morgan fingerprint density at radius 3 is 2.90 bits per heavy atom. The number of nitrogens with one attached hydrogen (secondary N) is 1. The molecule has 20 heavy (non-hydrogen) atoms. The normalized spacial score (nSPS) is 14.5. The van der Waals surface area contributed by atoms with Crippen molar-refractivity contribution in [3.8, 4) is 0 Å². The van der Waals surface area contributed by atoms with Crippen molar-refractivity contribution in [3.63, 3.8) is 0 Å². The zero-order chi connectivity index (χ0) is 14.0. The molecule has 0 saturated carbocycles. The van der Waals surface area contributed by atoms with Gasteiger partial charge in [0.2, 0.25) is 0 Å². The minimum atomic E-state index is -0.840. The van der Waals surface area contributed by atoms with E-state index in [1.165, 1.54) is 0 Å². The lowest BCUT2D eigenvalue weighted by Crippen LogP contribution is -2.34. The maximum atomic E-state index is 10.4. The second-order valence-corrected chi connectivity index (χ2v) is 6.06. The summed E-state index contributed by atoms with van der Waals surface area (Å²) in [5.41, 5.74) is 1.17. The molecule has 2 aromatic heterocycles. The lowest BCUT2D eigenvalue weighted by atomic mass is 10.1. The molecule has 0 bridgehead atoms. The molecule has 3 nitrogen and oxygen atoms in total. The molecule has 3 aromatic rings. The SMILES string of the molecule is CC(O)(CNCc1coc2ccccc12)c1cccs1. The molecule has 1 atom stereocenters. The third-order valence-corrected chi connectivity index (χ3v) is 4.52. The van der Waals surface area contributed by atoms with E-state index in [0.29, 0.717) is 13.1 Å². The fourth-order valence-corrected chi connectivity index (χ4v) is 3.07. The number of benzene rings is 1. The lowest BCUT2D eigenvalue weighted by molar-refractivity contribution is 0.0604. The minimum Gasteiger partial charge on any atom is -0.464 e. The van der Waals surface area contributed by atoms with Crippen LogP contribution in [0.5, 0.6) is 0 Å². The predicted octanol–water partition coefficient (Wildman–Crippen LogP) is 3.49. The Hall–Kier alpha value is -1.62. The Morgan fingerprint density at radius 1 is 1.25 bits per heavy atom. The summed E-state index contributed by atoms with van der Waals surface area (Å²) in [6.07, 6.45) is 1.78. The fourth-order valence-electron chi connectivity index (χ4n) is 2.28. The molecule has 0 aliphatic rings. The third-order valence-electron chi connectivity index (χ3n) is 3.40. The first-order chi connectivity index (χ1) is 9.67. The first-order valence-corrected chi connectivity index (χ1v) is 7.47. The van der Waals surface area contributed by atoms with E-state index in [1.54, 1.807) is 17.6 Å². The number of rotatable bonds is 5. The molecule has 0 spiro atoms. The molecule has 2 heterocycles. The molecule has 0 fully saturated rings. The zero-order valence-corrected chi connectivity index (χ0v) is 12.1. The van der Waals surface area contributed by atoms with Gasteiger partial charge in [-0.05, 0) is 24.4 Å². The standard InChI is InChI=1S/C16H17NO2S/c1-16(18,15-7-4-8-20-15)11-17-9-12-10-19-14-6-3-2-5-13(12)14/h2-8,10,17-18H,9,11H2,1H3. The van der Waals surface area contributed by atoms with Gasteiger partial charge in [0.25, 0.3) is 0 Å². The number of aliphatic hydroxyl groups is 1. The van der Waals surface area contributed by atoms with Crippen molar-refractivity contribution in [1.29, 1.82) is 0 Å². The summed E-state index contributed by atoms with van der Waals surface area (Å²) in [5.74, 6) is 0. The number of furan rings is 1. The van der Waals surface area contributed by atoms with Crippen molar-refractivity contribution < 1.29 is 9.52 Å². The molecule has 2 N–H and O–H groups in total. The van der Waals surface area contributed by atoms with Crippen LogP contribution in [0.1, 0.15) is 17.4 Å². The third kappa shape index (κ3) is 2.63.